The minimum atomic E-state index is 1.01. The zero-order valence-electron chi connectivity index (χ0n) is 21.1. The van der Waals surface area contributed by atoms with Crippen LogP contribution in [0.25, 0.3) is 84.6 Å². The van der Waals surface area contributed by atoms with Gasteiger partial charge in [0.05, 0.1) is 31.5 Å². The monoisotopic (exact) mass is 545 g/mol. The van der Waals surface area contributed by atoms with Crippen molar-refractivity contribution in [2.75, 3.05) is 0 Å². The first-order valence-corrected chi connectivity index (χ1v) is 15.0. The Bertz CT molecular complexity index is 2660. The van der Waals surface area contributed by atoms with E-state index in [4.69, 9.17) is 4.98 Å². The molecule has 10 aromatic rings. The van der Waals surface area contributed by atoms with E-state index < -0.39 is 0 Å². The average molecular weight is 546 g/mol. The van der Waals surface area contributed by atoms with E-state index in [1.54, 1.807) is 0 Å². The molecular formula is C35H19N3S2. The fourth-order valence-electron chi connectivity index (χ4n) is 6.61. The van der Waals surface area contributed by atoms with Gasteiger partial charge < -0.3 is 4.57 Å². The number of pyridine rings is 1. The minimum absolute atomic E-state index is 1.01. The summed E-state index contributed by atoms with van der Waals surface area (Å²) in [6, 6.07) is 41.7. The van der Waals surface area contributed by atoms with Crippen LogP contribution in [0.5, 0.6) is 0 Å². The highest BCUT2D eigenvalue weighted by atomic mass is 32.1. The molecule has 0 aliphatic carbocycles. The second-order valence-electron chi connectivity index (χ2n) is 10.4. The Morgan fingerprint density at radius 3 is 2.10 bits per heavy atom. The minimum Gasteiger partial charge on any atom is -0.301 e. The average Bonchev–Trinajstić information content (AvgIpc) is 3.74. The molecule has 0 saturated heterocycles. The van der Waals surface area contributed by atoms with Crippen LogP contribution in [0.2, 0.25) is 0 Å². The maximum atomic E-state index is 5.25. The number of para-hydroxylation sites is 2. The molecule has 0 N–H and O–H groups in total. The van der Waals surface area contributed by atoms with Gasteiger partial charge in [0.1, 0.15) is 10.5 Å². The molecule has 186 valence electrons. The van der Waals surface area contributed by atoms with Crippen molar-refractivity contribution in [1.29, 1.82) is 0 Å². The molecule has 0 fully saturated rings. The summed E-state index contributed by atoms with van der Waals surface area (Å²) in [5.41, 5.74) is 6.72. The first-order valence-electron chi connectivity index (χ1n) is 13.4. The maximum Gasteiger partial charge on any atom is 0.146 e. The second kappa shape index (κ2) is 7.48. The van der Waals surface area contributed by atoms with Crippen LogP contribution >= 0.6 is 22.7 Å². The predicted octanol–water partition coefficient (Wildman–Crippen LogP) is 10.3. The summed E-state index contributed by atoms with van der Waals surface area (Å²) in [4.78, 5) is 6.55. The molecule has 3 nitrogen and oxygen atoms in total. The Balaban J connectivity index is 1.33. The molecule has 0 saturated carbocycles. The lowest BCUT2D eigenvalue weighted by molar-refractivity contribution is 1.20. The third-order valence-electron chi connectivity index (χ3n) is 8.31. The van der Waals surface area contributed by atoms with Crippen molar-refractivity contribution in [2.24, 2.45) is 0 Å². The Hall–Kier alpha value is -4.71. The van der Waals surface area contributed by atoms with E-state index in [-0.39, 0.29) is 0 Å². The van der Waals surface area contributed by atoms with Crippen molar-refractivity contribution in [1.82, 2.24) is 14.0 Å². The highest BCUT2D eigenvalue weighted by molar-refractivity contribution is 7.36. The number of imidazole rings is 1. The number of aromatic nitrogens is 3. The summed E-state index contributed by atoms with van der Waals surface area (Å²) in [6.45, 7) is 0. The molecule has 0 bridgehead atoms. The van der Waals surface area contributed by atoms with E-state index in [0.717, 1.165) is 22.4 Å². The third kappa shape index (κ3) is 2.57. The van der Waals surface area contributed by atoms with Gasteiger partial charge in [-0.3, -0.25) is 4.40 Å². The van der Waals surface area contributed by atoms with Crippen LogP contribution in [0.3, 0.4) is 0 Å². The number of benzene rings is 5. The molecule has 5 aromatic carbocycles. The molecule has 5 heterocycles. The Kier molecular flexibility index (Phi) is 3.95. The highest BCUT2D eigenvalue weighted by Crippen LogP contribution is 2.48. The van der Waals surface area contributed by atoms with Gasteiger partial charge in [-0.1, -0.05) is 78.9 Å². The van der Waals surface area contributed by atoms with Gasteiger partial charge in [-0.05, 0) is 41.8 Å². The first kappa shape index (κ1) is 21.2. The molecule has 0 atom stereocenters. The molecule has 0 aliphatic rings. The second-order valence-corrected chi connectivity index (χ2v) is 12.4. The van der Waals surface area contributed by atoms with E-state index in [2.05, 4.69) is 124 Å². The normalized spacial score (nSPS) is 12.5. The molecule has 0 aliphatic heterocycles. The standard InChI is InChI=1S/C35H19N3S2/c1-2-11-23-21(9-1)22-10-3-6-14-27(22)38-29-18-17-20(19-26(29)36-34(23)38)37-28-15-7-4-12-24(28)31-33-32(40-35(31)37)25-13-5-8-16-30(25)39-33/h1-19H. The summed E-state index contributed by atoms with van der Waals surface area (Å²) < 4.78 is 8.90. The van der Waals surface area contributed by atoms with Crippen LogP contribution in [0.15, 0.2) is 115 Å². The molecule has 5 heteroatoms. The van der Waals surface area contributed by atoms with Gasteiger partial charge in [0, 0.05) is 37.3 Å². The number of hydrogen-bond donors (Lipinski definition) is 0. The van der Waals surface area contributed by atoms with Gasteiger partial charge in [-0.2, -0.15) is 0 Å². The molecule has 40 heavy (non-hydrogen) atoms. The van der Waals surface area contributed by atoms with Crippen molar-refractivity contribution in [3.05, 3.63) is 115 Å². The smallest absolute Gasteiger partial charge is 0.146 e. The van der Waals surface area contributed by atoms with Gasteiger partial charge in [0.25, 0.3) is 0 Å². The molecule has 0 amide bonds. The van der Waals surface area contributed by atoms with Crippen LogP contribution in [0, 0.1) is 0 Å². The fraction of sp³-hybridized carbons (Fsp3) is 0. The van der Waals surface area contributed by atoms with Crippen LogP contribution < -0.4 is 0 Å². The number of thiophene rings is 2. The van der Waals surface area contributed by atoms with E-state index in [1.165, 1.54) is 62.3 Å². The van der Waals surface area contributed by atoms with E-state index in [0.29, 0.717) is 0 Å². The zero-order chi connectivity index (χ0) is 25.9. The van der Waals surface area contributed by atoms with Gasteiger partial charge in [-0.15, -0.1) is 22.7 Å². The molecule has 10 rings (SSSR count). The van der Waals surface area contributed by atoms with Gasteiger partial charge in [-0.25, -0.2) is 4.98 Å². The van der Waals surface area contributed by atoms with Crippen molar-refractivity contribution in [3.8, 4) is 5.69 Å². The summed E-state index contributed by atoms with van der Waals surface area (Å²) in [5.74, 6) is 0. The summed E-state index contributed by atoms with van der Waals surface area (Å²) in [6.07, 6.45) is 0. The lowest BCUT2D eigenvalue weighted by atomic mass is 10.1. The van der Waals surface area contributed by atoms with Crippen molar-refractivity contribution in [2.45, 2.75) is 0 Å². The van der Waals surface area contributed by atoms with Crippen LogP contribution in [0.1, 0.15) is 0 Å². The Morgan fingerprint density at radius 2 is 1.23 bits per heavy atom. The molecule has 0 unspecified atom stereocenters. The molecule has 0 spiro atoms. The third-order valence-corrected chi connectivity index (χ3v) is 10.8. The van der Waals surface area contributed by atoms with Crippen molar-refractivity contribution >= 4 is 102 Å². The topological polar surface area (TPSA) is 22.2 Å². The Labute approximate surface area is 235 Å². The largest absolute Gasteiger partial charge is 0.301 e. The van der Waals surface area contributed by atoms with E-state index in [1.807, 2.05) is 22.7 Å². The highest BCUT2D eigenvalue weighted by Gasteiger charge is 2.21. The predicted molar refractivity (Wildman–Crippen MR) is 173 cm³/mol. The van der Waals surface area contributed by atoms with Crippen LogP contribution in [-0.2, 0) is 0 Å². The summed E-state index contributed by atoms with van der Waals surface area (Å²) in [7, 11) is 0. The van der Waals surface area contributed by atoms with Gasteiger partial charge in [0.2, 0.25) is 0 Å². The van der Waals surface area contributed by atoms with Crippen molar-refractivity contribution in [3.63, 3.8) is 0 Å². The lowest BCUT2D eigenvalue weighted by Crippen LogP contribution is -1.93. The SMILES string of the molecule is c1ccc2c(c1)sc1c2sc2c1c1ccccc1n2-c1ccc2c(c1)nc1c3ccccc3c3ccccc3n21. The number of nitrogens with zero attached hydrogens (tertiary/aromatic N) is 3. The van der Waals surface area contributed by atoms with Crippen LogP contribution in [-0.4, -0.2) is 14.0 Å². The number of hydrogen-bond acceptors (Lipinski definition) is 3. The quantitative estimate of drug-likeness (QED) is 0.188. The number of rotatable bonds is 1. The van der Waals surface area contributed by atoms with Gasteiger partial charge >= 0.3 is 0 Å². The van der Waals surface area contributed by atoms with Crippen LogP contribution in [0.4, 0.5) is 0 Å². The first-order chi connectivity index (χ1) is 19.8. The molecular weight excluding hydrogens is 527 g/mol. The zero-order valence-corrected chi connectivity index (χ0v) is 22.8. The number of fused-ring (bicyclic) bond motifs is 15. The van der Waals surface area contributed by atoms with Crippen molar-refractivity contribution < 1.29 is 0 Å². The maximum absolute atomic E-state index is 5.25. The van der Waals surface area contributed by atoms with E-state index >= 15 is 0 Å². The van der Waals surface area contributed by atoms with Gasteiger partial charge in [0.15, 0.2) is 0 Å². The molecule has 5 aromatic heterocycles. The summed E-state index contributed by atoms with van der Waals surface area (Å²) >= 11 is 3.82. The lowest BCUT2D eigenvalue weighted by Gasteiger charge is -2.09. The Morgan fingerprint density at radius 1 is 0.525 bits per heavy atom. The summed E-state index contributed by atoms with van der Waals surface area (Å²) in [5, 5.41) is 7.70. The fourth-order valence-corrected chi connectivity index (χ4v) is 9.44. The molecule has 0 radical (unpaired) electrons. The van der Waals surface area contributed by atoms with E-state index in [9.17, 15) is 0 Å².